The number of carbonyl (C=O) groups is 2. The Bertz CT molecular complexity index is 1220. The first-order valence-corrected chi connectivity index (χ1v) is 10.00. The summed E-state index contributed by atoms with van der Waals surface area (Å²) in [5.74, 6) is -2.55. The second-order valence-electron chi connectivity index (χ2n) is 7.25. The molecule has 0 bridgehead atoms. The first kappa shape index (κ1) is 22.4. The van der Waals surface area contributed by atoms with Crippen LogP contribution >= 0.6 is 11.6 Å². The Morgan fingerprint density at radius 2 is 1.64 bits per heavy atom. The molecule has 0 saturated carbocycles. The number of halogens is 3. The number of hydrogen-bond acceptors (Lipinski definition) is 6. The van der Waals surface area contributed by atoms with Crippen molar-refractivity contribution >= 4 is 40.6 Å². The van der Waals surface area contributed by atoms with E-state index < -0.39 is 28.9 Å². The lowest BCUT2D eigenvalue weighted by Gasteiger charge is -2.38. The van der Waals surface area contributed by atoms with E-state index in [0.29, 0.717) is 5.69 Å². The second kappa shape index (κ2) is 9.00. The summed E-state index contributed by atoms with van der Waals surface area (Å²) in [6.45, 7) is -0.311. The van der Waals surface area contributed by atoms with Crippen molar-refractivity contribution in [1.29, 1.82) is 0 Å². The van der Waals surface area contributed by atoms with E-state index in [4.69, 9.17) is 26.8 Å². The number of rotatable bonds is 6. The van der Waals surface area contributed by atoms with Crippen LogP contribution in [-0.4, -0.2) is 30.0 Å². The third-order valence-corrected chi connectivity index (χ3v) is 5.34. The Hall–Kier alpha value is -3.76. The monoisotopic (exact) mass is 474 g/mol. The maximum atomic E-state index is 14.6. The van der Waals surface area contributed by atoms with E-state index in [9.17, 15) is 18.4 Å². The van der Waals surface area contributed by atoms with E-state index >= 15 is 0 Å². The van der Waals surface area contributed by atoms with E-state index in [-0.39, 0.29) is 41.2 Å². The molecule has 8 nitrogen and oxygen atoms in total. The van der Waals surface area contributed by atoms with Crippen LogP contribution in [0.15, 0.2) is 54.7 Å². The molecular formula is C22H17ClF2N4O4. The molecule has 2 amide bonds. The molecule has 1 aromatic heterocycles. The van der Waals surface area contributed by atoms with E-state index in [1.807, 2.05) is 0 Å². The number of ether oxygens (including phenoxy) is 2. The summed E-state index contributed by atoms with van der Waals surface area (Å²) < 4.78 is 38.2. The molecule has 0 unspecified atom stereocenters. The van der Waals surface area contributed by atoms with Gasteiger partial charge in [-0.05, 0) is 36.4 Å². The number of anilines is 3. The molecule has 0 spiro atoms. The van der Waals surface area contributed by atoms with E-state index in [0.717, 1.165) is 6.07 Å². The van der Waals surface area contributed by atoms with Crippen molar-refractivity contribution in [2.45, 2.75) is 0 Å². The van der Waals surface area contributed by atoms with Crippen LogP contribution < -0.4 is 21.1 Å². The first-order valence-electron chi connectivity index (χ1n) is 9.62. The Balaban J connectivity index is 1.46. The predicted molar refractivity (Wildman–Crippen MR) is 117 cm³/mol. The molecule has 1 aliphatic rings. The molecule has 0 aliphatic carbocycles. The molecule has 1 fully saturated rings. The minimum absolute atomic E-state index is 0.0328. The van der Waals surface area contributed by atoms with Gasteiger partial charge in [-0.2, -0.15) is 0 Å². The normalized spacial score (nSPS) is 14.2. The van der Waals surface area contributed by atoms with Gasteiger partial charge >= 0.3 is 0 Å². The highest BCUT2D eigenvalue weighted by Crippen LogP contribution is 2.35. The van der Waals surface area contributed by atoms with E-state index in [1.54, 1.807) is 0 Å². The summed E-state index contributed by atoms with van der Waals surface area (Å²) >= 11 is 6.00. The van der Waals surface area contributed by atoms with Crippen LogP contribution in [0.4, 0.5) is 26.0 Å². The molecule has 0 atom stereocenters. The van der Waals surface area contributed by atoms with Gasteiger partial charge in [-0.1, -0.05) is 11.6 Å². The fourth-order valence-electron chi connectivity index (χ4n) is 3.01. The van der Waals surface area contributed by atoms with Crippen LogP contribution in [0.3, 0.4) is 0 Å². The number of hydrogen-bond donors (Lipinski definition) is 3. The Morgan fingerprint density at radius 1 is 1.00 bits per heavy atom. The van der Waals surface area contributed by atoms with Crippen LogP contribution in [0.5, 0.6) is 11.5 Å². The average molecular weight is 475 g/mol. The van der Waals surface area contributed by atoms with Gasteiger partial charge in [0.1, 0.15) is 16.7 Å². The van der Waals surface area contributed by atoms with Gasteiger partial charge < -0.3 is 25.8 Å². The van der Waals surface area contributed by atoms with E-state index in [1.165, 1.54) is 48.7 Å². The number of nitrogens with two attached hydrogens (primary N) is 1. The van der Waals surface area contributed by atoms with Crippen LogP contribution in [0.25, 0.3) is 0 Å². The van der Waals surface area contributed by atoms with Gasteiger partial charge in [0.15, 0.2) is 22.7 Å². The molecule has 4 N–H and O–H groups in total. The number of amides is 2. The summed E-state index contributed by atoms with van der Waals surface area (Å²) in [6.07, 6.45) is 1.36. The molecule has 11 heteroatoms. The van der Waals surface area contributed by atoms with Crippen molar-refractivity contribution in [1.82, 2.24) is 4.98 Å². The van der Waals surface area contributed by atoms with Crippen molar-refractivity contribution in [2.75, 3.05) is 29.6 Å². The lowest BCUT2D eigenvalue weighted by atomic mass is 9.83. The number of nitrogen functional groups attached to an aromatic ring is 1. The van der Waals surface area contributed by atoms with Crippen molar-refractivity contribution in [3.63, 3.8) is 0 Å². The third kappa shape index (κ3) is 4.57. The van der Waals surface area contributed by atoms with Crippen LogP contribution in [0, 0.1) is 17.0 Å². The number of carbonyl (C=O) groups excluding carboxylic acids is 2. The van der Waals surface area contributed by atoms with Crippen molar-refractivity contribution < 1.29 is 27.8 Å². The number of pyridine rings is 1. The highest BCUT2D eigenvalue weighted by Gasteiger charge is 2.53. The quantitative estimate of drug-likeness (QED) is 0.465. The zero-order valence-electron chi connectivity index (χ0n) is 16.9. The lowest BCUT2D eigenvalue weighted by molar-refractivity contribution is -0.166. The van der Waals surface area contributed by atoms with E-state index in [2.05, 4.69) is 15.6 Å². The minimum Gasteiger partial charge on any atom is -0.453 e. The molecule has 4 rings (SSSR count). The maximum Gasteiger partial charge on any atom is 0.244 e. The number of nitrogens with one attached hydrogen (secondary N) is 2. The van der Waals surface area contributed by atoms with Crippen molar-refractivity contribution in [3.05, 3.63) is 71.4 Å². The molecule has 1 aliphatic heterocycles. The molecule has 1 saturated heterocycles. The average Bonchev–Trinajstić information content (AvgIpc) is 2.74. The molecule has 0 radical (unpaired) electrons. The highest BCUT2D eigenvalue weighted by molar-refractivity contribution is 6.34. The molecular weight excluding hydrogens is 458 g/mol. The van der Waals surface area contributed by atoms with Crippen LogP contribution in [0.2, 0.25) is 5.02 Å². The highest BCUT2D eigenvalue weighted by atomic mass is 35.5. The van der Waals surface area contributed by atoms with Crippen LogP contribution in [0.1, 0.15) is 0 Å². The number of benzene rings is 2. The maximum absolute atomic E-state index is 14.6. The fourth-order valence-corrected chi connectivity index (χ4v) is 3.16. The van der Waals surface area contributed by atoms with Gasteiger partial charge in [0, 0.05) is 29.7 Å². The zero-order chi connectivity index (χ0) is 23.6. The molecule has 33 heavy (non-hydrogen) atoms. The van der Waals surface area contributed by atoms with Gasteiger partial charge in [0.05, 0.1) is 13.2 Å². The van der Waals surface area contributed by atoms with Gasteiger partial charge in [-0.3, -0.25) is 9.59 Å². The minimum atomic E-state index is -1.51. The number of aromatic nitrogens is 1. The molecule has 2 aromatic carbocycles. The predicted octanol–water partition coefficient (Wildman–Crippen LogP) is 3.98. The lowest BCUT2D eigenvalue weighted by Crippen LogP contribution is -2.59. The van der Waals surface area contributed by atoms with Gasteiger partial charge in [-0.25, -0.2) is 13.8 Å². The second-order valence-corrected chi connectivity index (χ2v) is 7.62. The van der Waals surface area contributed by atoms with Crippen molar-refractivity contribution in [3.8, 4) is 11.5 Å². The summed E-state index contributed by atoms with van der Waals surface area (Å²) in [4.78, 5) is 29.4. The first-order chi connectivity index (χ1) is 15.8. The topological polar surface area (TPSA) is 116 Å². The summed E-state index contributed by atoms with van der Waals surface area (Å²) in [7, 11) is 0. The smallest absolute Gasteiger partial charge is 0.244 e. The molecule has 170 valence electrons. The summed E-state index contributed by atoms with van der Waals surface area (Å²) in [5, 5.41) is 5.12. The van der Waals surface area contributed by atoms with Gasteiger partial charge in [0.25, 0.3) is 0 Å². The zero-order valence-corrected chi connectivity index (χ0v) is 17.7. The standard InChI is InChI=1S/C22H17ClF2N4O4/c23-18-17(7-8-27-19(18)26)33-16-6-5-14(9-15(16)25)29-21(31)22(10-32-11-22)20(30)28-13-3-1-12(24)2-4-13/h1-9H,10-11H2,(H2,26,27)(H,28,30)(H,29,31). The SMILES string of the molecule is Nc1nccc(Oc2ccc(NC(=O)C3(C(=O)Nc4ccc(F)cc4)COC3)cc2F)c1Cl. The molecule has 2 heterocycles. The van der Waals surface area contributed by atoms with Gasteiger partial charge in [-0.15, -0.1) is 0 Å². The Kier molecular flexibility index (Phi) is 6.12. The largest absolute Gasteiger partial charge is 0.453 e. The third-order valence-electron chi connectivity index (χ3n) is 4.96. The Morgan fingerprint density at radius 3 is 2.24 bits per heavy atom. The summed E-state index contributed by atoms with van der Waals surface area (Å²) in [5.41, 5.74) is 4.52. The fraction of sp³-hybridized carbons (Fsp3) is 0.136. The summed E-state index contributed by atoms with van der Waals surface area (Å²) in [6, 6.07) is 10.3. The molecule has 3 aromatic rings. The Labute approximate surface area is 191 Å². The van der Waals surface area contributed by atoms with Crippen molar-refractivity contribution in [2.24, 2.45) is 5.41 Å². The van der Waals surface area contributed by atoms with Crippen LogP contribution in [-0.2, 0) is 14.3 Å². The van der Waals surface area contributed by atoms with Gasteiger partial charge in [0.2, 0.25) is 11.8 Å². The number of nitrogens with zero attached hydrogens (tertiary/aromatic N) is 1.